The van der Waals surface area contributed by atoms with Crippen molar-refractivity contribution >= 4 is 10.9 Å². The summed E-state index contributed by atoms with van der Waals surface area (Å²) in [6.07, 6.45) is 1.72. The first-order chi connectivity index (χ1) is 6.29. The largest absolute Gasteiger partial charge is 0.394 e. The predicted molar refractivity (Wildman–Crippen MR) is 46.8 cm³/mol. The summed E-state index contributed by atoms with van der Waals surface area (Å²) in [4.78, 5) is 0. The number of halogens is 1. The number of aliphatic hydroxyl groups excluding tert-OH is 1. The van der Waals surface area contributed by atoms with Gasteiger partial charge in [0.2, 0.25) is 0 Å². The van der Waals surface area contributed by atoms with E-state index in [2.05, 4.69) is 5.10 Å². The van der Waals surface area contributed by atoms with Crippen molar-refractivity contribution in [3.63, 3.8) is 0 Å². The molecule has 0 bridgehead atoms. The molecule has 0 saturated heterocycles. The molecule has 1 aromatic heterocycles. The number of hydrogen-bond acceptors (Lipinski definition) is 2. The molecule has 4 heteroatoms. The van der Waals surface area contributed by atoms with Crippen LogP contribution in [0.25, 0.3) is 10.9 Å². The number of benzene rings is 1. The topological polar surface area (TPSA) is 38.0 Å². The van der Waals surface area contributed by atoms with E-state index < -0.39 is 0 Å². The Morgan fingerprint density at radius 1 is 1.46 bits per heavy atom. The molecule has 0 unspecified atom stereocenters. The third-order valence-corrected chi connectivity index (χ3v) is 1.84. The van der Waals surface area contributed by atoms with E-state index in [4.69, 9.17) is 5.11 Å². The van der Waals surface area contributed by atoms with Crippen LogP contribution in [0, 0.1) is 5.82 Å². The predicted octanol–water partition coefficient (Wildman–Crippen LogP) is 1.17. The highest BCUT2D eigenvalue weighted by molar-refractivity contribution is 5.77. The van der Waals surface area contributed by atoms with Crippen molar-refractivity contribution in [2.75, 3.05) is 6.61 Å². The van der Waals surface area contributed by atoms with Gasteiger partial charge in [0.1, 0.15) is 5.82 Å². The SMILES string of the molecule is OCCn1cc2cc(F)ccc2n1. The Labute approximate surface area is 74.4 Å². The lowest BCUT2D eigenvalue weighted by Gasteiger charge is -1.92. The fourth-order valence-electron chi connectivity index (χ4n) is 1.26. The van der Waals surface area contributed by atoms with E-state index in [9.17, 15) is 4.39 Å². The summed E-state index contributed by atoms with van der Waals surface area (Å²) in [6.45, 7) is 0.479. The number of hydrogen-bond donors (Lipinski definition) is 1. The minimum absolute atomic E-state index is 0.0382. The van der Waals surface area contributed by atoms with Crippen LogP contribution >= 0.6 is 0 Å². The number of fused-ring (bicyclic) bond motifs is 1. The molecule has 0 aliphatic heterocycles. The van der Waals surface area contributed by atoms with Gasteiger partial charge in [0.05, 0.1) is 18.7 Å². The first-order valence-corrected chi connectivity index (χ1v) is 4.03. The Balaban J connectivity index is 2.49. The van der Waals surface area contributed by atoms with Gasteiger partial charge in [0.25, 0.3) is 0 Å². The summed E-state index contributed by atoms with van der Waals surface area (Å²) in [5.74, 6) is -0.268. The molecule has 2 rings (SSSR count). The fourth-order valence-corrected chi connectivity index (χ4v) is 1.26. The van der Waals surface area contributed by atoms with Gasteiger partial charge in [-0.2, -0.15) is 5.10 Å². The zero-order chi connectivity index (χ0) is 9.26. The molecule has 68 valence electrons. The summed E-state index contributed by atoms with van der Waals surface area (Å²) < 4.78 is 14.3. The Bertz CT molecular complexity index is 424. The zero-order valence-electron chi connectivity index (χ0n) is 6.94. The molecule has 1 N–H and O–H groups in total. The molecule has 0 aliphatic rings. The third-order valence-electron chi connectivity index (χ3n) is 1.84. The molecule has 13 heavy (non-hydrogen) atoms. The molecule has 0 aliphatic carbocycles. The molecule has 0 radical (unpaired) electrons. The second-order valence-electron chi connectivity index (χ2n) is 2.82. The van der Waals surface area contributed by atoms with Crippen LogP contribution in [0.2, 0.25) is 0 Å². The van der Waals surface area contributed by atoms with Crippen LogP contribution in [0.4, 0.5) is 4.39 Å². The van der Waals surface area contributed by atoms with Crippen LogP contribution in [0.15, 0.2) is 24.4 Å². The van der Waals surface area contributed by atoms with Crippen LogP contribution in [0.5, 0.6) is 0 Å². The molecule has 1 aromatic carbocycles. The number of rotatable bonds is 2. The normalized spacial score (nSPS) is 10.9. The Morgan fingerprint density at radius 3 is 3.08 bits per heavy atom. The van der Waals surface area contributed by atoms with E-state index in [1.807, 2.05) is 0 Å². The average molecular weight is 180 g/mol. The molecule has 2 aromatic rings. The highest BCUT2D eigenvalue weighted by atomic mass is 19.1. The molecule has 0 amide bonds. The zero-order valence-corrected chi connectivity index (χ0v) is 6.94. The van der Waals surface area contributed by atoms with Crippen molar-refractivity contribution in [2.45, 2.75) is 6.54 Å². The van der Waals surface area contributed by atoms with Gasteiger partial charge < -0.3 is 5.11 Å². The summed E-state index contributed by atoms with van der Waals surface area (Å²) >= 11 is 0. The molecule has 3 nitrogen and oxygen atoms in total. The third kappa shape index (κ3) is 1.53. The van der Waals surface area contributed by atoms with Crippen molar-refractivity contribution in [3.05, 3.63) is 30.2 Å². The van der Waals surface area contributed by atoms with Crippen molar-refractivity contribution in [1.82, 2.24) is 9.78 Å². The van der Waals surface area contributed by atoms with E-state index >= 15 is 0 Å². The maximum absolute atomic E-state index is 12.7. The van der Waals surface area contributed by atoms with Gasteiger partial charge in [-0.1, -0.05) is 0 Å². The monoisotopic (exact) mass is 180 g/mol. The van der Waals surface area contributed by atoms with Gasteiger partial charge in [0, 0.05) is 11.6 Å². The van der Waals surface area contributed by atoms with E-state index in [-0.39, 0.29) is 12.4 Å². The number of aliphatic hydroxyl groups is 1. The average Bonchev–Trinajstić information content (AvgIpc) is 2.46. The maximum atomic E-state index is 12.7. The molecule has 0 spiro atoms. The van der Waals surface area contributed by atoms with Crippen LogP contribution in [0.3, 0.4) is 0 Å². The van der Waals surface area contributed by atoms with Gasteiger partial charge >= 0.3 is 0 Å². The highest BCUT2D eigenvalue weighted by Crippen LogP contribution is 2.13. The highest BCUT2D eigenvalue weighted by Gasteiger charge is 2.00. The smallest absolute Gasteiger partial charge is 0.124 e. The summed E-state index contributed by atoms with van der Waals surface area (Å²) in [5, 5.41) is 13.6. The van der Waals surface area contributed by atoms with Gasteiger partial charge in [0.15, 0.2) is 0 Å². The van der Waals surface area contributed by atoms with Gasteiger partial charge in [-0.05, 0) is 18.2 Å². The number of nitrogens with zero attached hydrogens (tertiary/aromatic N) is 2. The second kappa shape index (κ2) is 3.14. The van der Waals surface area contributed by atoms with E-state index in [0.29, 0.717) is 6.54 Å². The molecule has 0 fully saturated rings. The molecule has 0 saturated carbocycles. The second-order valence-corrected chi connectivity index (χ2v) is 2.82. The standard InChI is InChI=1S/C9H9FN2O/c10-8-1-2-9-7(5-8)6-12(11-9)3-4-13/h1-2,5-6,13H,3-4H2. The van der Waals surface area contributed by atoms with Crippen molar-refractivity contribution in [2.24, 2.45) is 0 Å². The molecule has 0 atom stereocenters. The van der Waals surface area contributed by atoms with Gasteiger partial charge in [-0.25, -0.2) is 4.39 Å². The van der Waals surface area contributed by atoms with Crippen molar-refractivity contribution < 1.29 is 9.50 Å². The Hall–Kier alpha value is -1.42. The van der Waals surface area contributed by atoms with Crippen molar-refractivity contribution in [1.29, 1.82) is 0 Å². The number of aromatic nitrogens is 2. The first kappa shape index (κ1) is 8.19. The summed E-state index contributed by atoms with van der Waals surface area (Å²) in [5.41, 5.74) is 0.745. The Morgan fingerprint density at radius 2 is 2.31 bits per heavy atom. The fraction of sp³-hybridized carbons (Fsp3) is 0.222. The van der Waals surface area contributed by atoms with Crippen LogP contribution in [-0.2, 0) is 6.54 Å². The van der Waals surface area contributed by atoms with Gasteiger partial charge in [-0.15, -0.1) is 0 Å². The maximum Gasteiger partial charge on any atom is 0.124 e. The first-order valence-electron chi connectivity index (χ1n) is 4.03. The van der Waals surface area contributed by atoms with Gasteiger partial charge in [-0.3, -0.25) is 4.68 Å². The lowest BCUT2D eigenvalue weighted by atomic mass is 10.2. The Kier molecular flexibility index (Phi) is 1.98. The van der Waals surface area contributed by atoms with Crippen LogP contribution < -0.4 is 0 Å². The summed E-state index contributed by atoms with van der Waals surface area (Å²) in [6, 6.07) is 4.42. The minimum Gasteiger partial charge on any atom is -0.394 e. The lowest BCUT2D eigenvalue weighted by Crippen LogP contribution is -2.01. The molecular weight excluding hydrogens is 171 g/mol. The van der Waals surface area contributed by atoms with Crippen LogP contribution in [0.1, 0.15) is 0 Å². The van der Waals surface area contributed by atoms with E-state index in [1.165, 1.54) is 12.1 Å². The lowest BCUT2D eigenvalue weighted by molar-refractivity contribution is 0.270. The minimum atomic E-state index is -0.268. The molecular formula is C9H9FN2O. The van der Waals surface area contributed by atoms with Crippen molar-refractivity contribution in [3.8, 4) is 0 Å². The van der Waals surface area contributed by atoms with Crippen LogP contribution in [-0.4, -0.2) is 21.5 Å². The molecule has 1 heterocycles. The quantitative estimate of drug-likeness (QED) is 0.753. The van der Waals surface area contributed by atoms with E-state index in [1.54, 1.807) is 16.9 Å². The summed E-state index contributed by atoms with van der Waals surface area (Å²) in [7, 11) is 0. The van der Waals surface area contributed by atoms with E-state index in [0.717, 1.165) is 10.9 Å².